The minimum Gasteiger partial charge on any atom is -0.481 e. The van der Waals surface area contributed by atoms with Gasteiger partial charge in [0, 0.05) is 11.5 Å². The van der Waals surface area contributed by atoms with Crippen molar-refractivity contribution in [2.75, 3.05) is 0 Å². The van der Waals surface area contributed by atoms with Crippen LogP contribution in [0.3, 0.4) is 0 Å². The first-order valence-corrected chi connectivity index (χ1v) is 4.76. The van der Waals surface area contributed by atoms with Crippen LogP contribution >= 0.6 is 11.6 Å². The Hall–Kier alpha value is -1.16. The predicted octanol–water partition coefficient (Wildman–Crippen LogP) is 2.81. The topological polar surface area (TPSA) is 37.3 Å². The molecule has 2 atom stereocenters. The highest BCUT2D eigenvalue weighted by atomic mass is 35.5. The number of rotatable bonds is 2. The van der Waals surface area contributed by atoms with E-state index in [0.29, 0.717) is 0 Å². The molecule has 1 aromatic carbocycles. The van der Waals surface area contributed by atoms with Crippen molar-refractivity contribution in [3.8, 4) is 0 Å². The van der Waals surface area contributed by atoms with Crippen molar-refractivity contribution in [1.82, 2.24) is 0 Å². The zero-order valence-electron chi connectivity index (χ0n) is 7.51. The second-order valence-corrected chi connectivity index (χ2v) is 3.95. The molecule has 0 aliphatic heterocycles. The Morgan fingerprint density at radius 3 is 2.67 bits per heavy atom. The van der Waals surface area contributed by atoms with Crippen molar-refractivity contribution in [2.45, 2.75) is 12.3 Å². The zero-order valence-corrected chi connectivity index (χ0v) is 8.26. The summed E-state index contributed by atoms with van der Waals surface area (Å²) in [5.74, 6) is -3.87. The van der Waals surface area contributed by atoms with Crippen LogP contribution in [0.1, 0.15) is 17.9 Å². The van der Waals surface area contributed by atoms with Gasteiger partial charge in [-0.25, -0.2) is 8.78 Å². The Morgan fingerprint density at radius 2 is 2.13 bits per heavy atom. The van der Waals surface area contributed by atoms with Crippen LogP contribution < -0.4 is 0 Å². The van der Waals surface area contributed by atoms with Gasteiger partial charge in [0.25, 0.3) is 0 Å². The van der Waals surface area contributed by atoms with E-state index >= 15 is 0 Å². The third kappa shape index (κ3) is 1.69. The lowest BCUT2D eigenvalue weighted by Gasteiger charge is -2.04. The van der Waals surface area contributed by atoms with Gasteiger partial charge < -0.3 is 5.11 Å². The molecular weight excluding hydrogens is 226 g/mol. The van der Waals surface area contributed by atoms with Crippen LogP contribution in [0.4, 0.5) is 8.78 Å². The van der Waals surface area contributed by atoms with E-state index < -0.39 is 29.4 Å². The molecule has 1 aliphatic rings. The van der Waals surface area contributed by atoms with Gasteiger partial charge in [-0.3, -0.25) is 4.79 Å². The van der Waals surface area contributed by atoms with Crippen molar-refractivity contribution in [3.05, 3.63) is 34.4 Å². The highest BCUT2D eigenvalue weighted by Crippen LogP contribution is 2.49. The molecular formula is C10H7ClF2O2. The number of benzene rings is 1. The Balaban J connectivity index is 2.38. The summed E-state index contributed by atoms with van der Waals surface area (Å²) >= 11 is 5.50. The minimum absolute atomic E-state index is 0.178. The average molecular weight is 233 g/mol. The van der Waals surface area contributed by atoms with E-state index in [1.54, 1.807) is 0 Å². The molecule has 1 aliphatic carbocycles. The molecule has 0 radical (unpaired) electrons. The monoisotopic (exact) mass is 232 g/mol. The molecule has 0 saturated heterocycles. The lowest BCUT2D eigenvalue weighted by molar-refractivity contribution is -0.138. The summed E-state index contributed by atoms with van der Waals surface area (Å²) in [6, 6.07) is 2.17. The van der Waals surface area contributed by atoms with Gasteiger partial charge >= 0.3 is 5.97 Å². The largest absolute Gasteiger partial charge is 0.481 e. The number of aliphatic carboxylic acids is 1. The molecule has 1 aromatic rings. The lowest BCUT2D eigenvalue weighted by Crippen LogP contribution is -2.02. The molecule has 80 valence electrons. The van der Waals surface area contributed by atoms with E-state index in [9.17, 15) is 13.6 Å². The highest BCUT2D eigenvalue weighted by Gasteiger charge is 2.47. The predicted molar refractivity (Wildman–Crippen MR) is 49.9 cm³/mol. The van der Waals surface area contributed by atoms with Crippen LogP contribution in [0.25, 0.3) is 0 Å². The van der Waals surface area contributed by atoms with Crippen LogP contribution in [0.2, 0.25) is 5.02 Å². The molecule has 2 nitrogen and oxygen atoms in total. The number of carbonyl (C=O) groups is 1. The summed E-state index contributed by atoms with van der Waals surface area (Å²) < 4.78 is 26.7. The van der Waals surface area contributed by atoms with Crippen LogP contribution in [-0.2, 0) is 4.79 Å². The lowest BCUT2D eigenvalue weighted by atomic mass is 10.1. The molecule has 0 heterocycles. The summed E-state index contributed by atoms with van der Waals surface area (Å²) in [5, 5.41) is 8.48. The van der Waals surface area contributed by atoms with Gasteiger partial charge in [-0.05, 0) is 18.6 Å². The summed E-state index contributed by atoms with van der Waals surface area (Å²) in [6.45, 7) is 0. The van der Waals surface area contributed by atoms with E-state index in [4.69, 9.17) is 16.7 Å². The summed E-state index contributed by atoms with van der Waals surface area (Å²) in [4.78, 5) is 10.6. The van der Waals surface area contributed by atoms with Crippen LogP contribution in [0.15, 0.2) is 12.1 Å². The quantitative estimate of drug-likeness (QED) is 0.796. The molecule has 0 spiro atoms. The fraction of sp³-hybridized carbons (Fsp3) is 0.300. The van der Waals surface area contributed by atoms with Gasteiger partial charge in [0.2, 0.25) is 0 Å². The molecule has 1 fully saturated rings. The molecule has 1 saturated carbocycles. The van der Waals surface area contributed by atoms with Gasteiger partial charge in [0.05, 0.1) is 10.9 Å². The van der Waals surface area contributed by atoms with E-state index in [-0.39, 0.29) is 17.0 Å². The second kappa shape index (κ2) is 3.45. The zero-order chi connectivity index (χ0) is 11.2. The molecule has 0 amide bonds. The van der Waals surface area contributed by atoms with E-state index in [1.165, 1.54) is 0 Å². The first-order valence-electron chi connectivity index (χ1n) is 4.38. The third-order valence-electron chi connectivity index (χ3n) is 2.56. The van der Waals surface area contributed by atoms with Gasteiger partial charge in [-0.15, -0.1) is 0 Å². The van der Waals surface area contributed by atoms with E-state index in [0.717, 1.165) is 12.1 Å². The van der Waals surface area contributed by atoms with Crippen LogP contribution in [0.5, 0.6) is 0 Å². The van der Waals surface area contributed by atoms with Crippen molar-refractivity contribution >= 4 is 17.6 Å². The molecule has 0 bridgehead atoms. The highest BCUT2D eigenvalue weighted by molar-refractivity contribution is 6.30. The molecule has 15 heavy (non-hydrogen) atoms. The number of carboxylic acids is 1. The Kier molecular flexibility index (Phi) is 2.38. The first-order chi connectivity index (χ1) is 7.02. The summed E-state index contributed by atoms with van der Waals surface area (Å²) in [5.41, 5.74) is -0.199. The minimum atomic E-state index is -1.03. The molecule has 5 heteroatoms. The number of hydrogen-bond donors (Lipinski definition) is 1. The maximum atomic E-state index is 13.4. The summed E-state index contributed by atoms with van der Waals surface area (Å²) in [7, 11) is 0. The Morgan fingerprint density at radius 1 is 1.47 bits per heavy atom. The Bertz CT molecular complexity index is 434. The number of hydrogen-bond acceptors (Lipinski definition) is 1. The van der Waals surface area contributed by atoms with Crippen molar-refractivity contribution in [2.24, 2.45) is 5.92 Å². The molecule has 0 unspecified atom stereocenters. The third-order valence-corrected chi connectivity index (χ3v) is 2.85. The van der Waals surface area contributed by atoms with Gasteiger partial charge in [-0.1, -0.05) is 11.6 Å². The fourth-order valence-electron chi connectivity index (χ4n) is 1.67. The van der Waals surface area contributed by atoms with Crippen LogP contribution in [0, 0.1) is 17.6 Å². The Labute approximate surface area is 89.5 Å². The summed E-state index contributed by atoms with van der Waals surface area (Å²) in [6.07, 6.45) is 0.267. The molecule has 0 aromatic heterocycles. The van der Waals surface area contributed by atoms with E-state index in [1.807, 2.05) is 0 Å². The fourth-order valence-corrected chi connectivity index (χ4v) is 1.83. The van der Waals surface area contributed by atoms with Crippen molar-refractivity contribution in [1.29, 1.82) is 0 Å². The van der Waals surface area contributed by atoms with Crippen LogP contribution in [-0.4, -0.2) is 11.1 Å². The SMILES string of the molecule is O=C(O)[C@@H]1C[C@H]1c1c(F)ccc(Cl)c1F. The standard InChI is InChI=1S/C10H7ClF2O2/c11-6-1-2-7(12)8(9(6)13)4-3-5(4)10(14)15/h1-2,4-5H,3H2,(H,14,15)/t4-,5-/m1/s1. The first kappa shape index (κ1) is 10.4. The normalized spacial score (nSPS) is 23.9. The van der Waals surface area contributed by atoms with E-state index in [2.05, 4.69) is 0 Å². The van der Waals surface area contributed by atoms with Crippen molar-refractivity contribution < 1.29 is 18.7 Å². The maximum Gasteiger partial charge on any atom is 0.307 e. The number of halogens is 3. The number of carboxylic acid groups (broad SMARTS) is 1. The smallest absolute Gasteiger partial charge is 0.307 e. The van der Waals surface area contributed by atoms with Crippen molar-refractivity contribution in [3.63, 3.8) is 0 Å². The van der Waals surface area contributed by atoms with Gasteiger partial charge in [0.15, 0.2) is 0 Å². The van der Waals surface area contributed by atoms with Gasteiger partial charge in [0.1, 0.15) is 11.6 Å². The maximum absolute atomic E-state index is 13.4. The van der Waals surface area contributed by atoms with Gasteiger partial charge in [-0.2, -0.15) is 0 Å². The molecule has 1 N–H and O–H groups in total. The molecule has 2 rings (SSSR count). The second-order valence-electron chi connectivity index (χ2n) is 3.54. The average Bonchev–Trinajstić information content (AvgIpc) is 2.92.